The zero-order chi connectivity index (χ0) is 47.4. The number of likely N-dealkylation sites (tertiary alicyclic amines) is 1. The van der Waals surface area contributed by atoms with Crippen LogP contribution in [0.25, 0.3) is 0 Å². The minimum Gasteiger partial charge on any atom is -0.484 e. The molecule has 8 rings (SSSR count). The molecular formula is C52H60ClFN8O5. The van der Waals surface area contributed by atoms with Gasteiger partial charge in [0, 0.05) is 62.8 Å². The molecule has 0 spiro atoms. The topological polar surface area (TPSA) is 152 Å². The van der Waals surface area contributed by atoms with Gasteiger partial charge in [0.05, 0.1) is 34.1 Å². The van der Waals surface area contributed by atoms with Crippen LogP contribution in [-0.4, -0.2) is 103 Å². The number of nitrogens with zero attached hydrogens (tertiary/aromatic N) is 7. The van der Waals surface area contributed by atoms with Gasteiger partial charge < -0.3 is 29.5 Å². The molecule has 1 aromatic heterocycles. The van der Waals surface area contributed by atoms with E-state index in [4.69, 9.17) is 21.3 Å². The van der Waals surface area contributed by atoms with E-state index in [2.05, 4.69) is 52.2 Å². The second kappa shape index (κ2) is 20.5. The third-order valence-electron chi connectivity index (χ3n) is 14.7. The van der Waals surface area contributed by atoms with Crippen LogP contribution in [0.4, 0.5) is 16.0 Å². The van der Waals surface area contributed by atoms with Gasteiger partial charge in [-0.15, -0.1) is 0 Å². The van der Waals surface area contributed by atoms with Gasteiger partial charge in [-0.2, -0.15) is 5.26 Å². The second-order valence-corrected chi connectivity index (χ2v) is 19.6. The van der Waals surface area contributed by atoms with Crippen molar-refractivity contribution in [3.63, 3.8) is 0 Å². The highest BCUT2D eigenvalue weighted by Crippen LogP contribution is 2.39. The summed E-state index contributed by atoms with van der Waals surface area (Å²) in [7, 11) is 1.41. The number of carbonyl (C=O) groups excluding carboxylic acids is 4. The number of halogens is 2. The van der Waals surface area contributed by atoms with E-state index < -0.39 is 29.6 Å². The largest absolute Gasteiger partial charge is 0.484 e. The van der Waals surface area contributed by atoms with E-state index in [1.165, 1.54) is 13.1 Å². The molecule has 0 radical (unpaired) electrons. The predicted octanol–water partition coefficient (Wildman–Crippen LogP) is 8.14. The number of fused-ring (bicyclic) bond motifs is 1. The number of nitriles is 1. The molecule has 2 unspecified atom stereocenters. The molecule has 4 aliphatic heterocycles. The van der Waals surface area contributed by atoms with Crippen molar-refractivity contribution in [2.75, 3.05) is 62.7 Å². The Morgan fingerprint density at radius 2 is 1.55 bits per heavy atom. The number of hydrogen-bond donors (Lipinski definition) is 1. The van der Waals surface area contributed by atoms with Crippen molar-refractivity contribution in [2.24, 2.45) is 17.8 Å². The van der Waals surface area contributed by atoms with Gasteiger partial charge in [-0.1, -0.05) is 37.6 Å². The summed E-state index contributed by atoms with van der Waals surface area (Å²) in [5, 5.41) is 12.5. The average Bonchev–Trinajstić information content (AvgIpc) is 3.58. The number of anilines is 2. The van der Waals surface area contributed by atoms with Crippen LogP contribution in [0.1, 0.15) is 121 Å². The first kappa shape index (κ1) is 47.6. The number of piperidine rings is 3. The molecule has 5 heterocycles. The summed E-state index contributed by atoms with van der Waals surface area (Å²) in [6.07, 6.45) is 8.51. The minimum atomic E-state index is -1.15. The van der Waals surface area contributed by atoms with Gasteiger partial charge in [-0.3, -0.25) is 19.3 Å². The van der Waals surface area contributed by atoms with Gasteiger partial charge in [0.2, 0.25) is 11.9 Å². The van der Waals surface area contributed by atoms with Crippen molar-refractivity contribution < 1.29 is 28.3 Å². The molecule has 3 saturated heterocycles. The van der Waals surface area contributed by atoms with Gasteiger partial charge in [0.25, 0.3) is 11.8 Å². The Labute approximate surface area is 397 Å². The van der Waals surface area contributed by atoms with Crippen molar-refractivity contribution >= 4 is 47.2 Å². The number of rotatable bonds is 15. The quantitative estimate of drug-likeness (QED) is 0.0909. The molecular weight excluding hydrogens is 871 g/mol. The smallest absolute Gasteiger partial charge is 0.262 e. The molecule has 0 saturated carbocycles. The van der Waals surface area contributed by atoms with E-state index >= 15 is 4.39 Å². The highest BCUT2D eigenvalue weighted by Gasteiger charge is 2.44. The Balaban J connectivity index is 0.776. The van der Waals surface area contributed by atoms with Crippen LogP contribution in [0.5, 0.6) is 5.75 Å². The number of carbonyl (C=O) groups is 4. The van der Waals surface area contributed by atoms with Gasteiger partial charge >= 0.3 is 0 Å². The van der Waals surface area contributed by atoms with Crippen LogP contribution in [0.2, 0.25) is 5.02 Å². The Morgan fingerprint density at radius 3 is 2.19 bits per heavy atom. The first-order valence-corrected chi connectivity index (χ1v) is 24.1. The second-order valence-electron chi connectivity index (χ2n) is 19.1. The van der Waals surface area contributed by atoms with Crippen molar-refractivity contribution in [3.05, 3.63) is 111 Å². The van der Waals surface area contributed by atoms with Crippen molar-refractivity contribution in [3.8, 4) is 11.8 Å². The number of likely N-dealkylation sites (N-methyl/N-ethyl adjacent to an activating group) is 1. The van der Waals surface area contributed by atoms with Crippen molar-refractivity contribution in [1.82, 2.24) is 25.1 Å². The molecule has 1 N–H and O–H groups in total. The van der Waals surface area contributed by atoms with Crippen LogP contribution < -0.4 is 19.9 Å². The molecule has 3 fully saturated rings. The first-order valence-electron chi connectivity index (χ1n) is 23.7. The summed E-state index contributed by atoms with van der Waals surface area (Å²) in [4.78, 5) is 67.8. The van der Waals surface area contributed by atoms with Gasteiger partial charge in [0.15, 0.2) is 0 Å². The van der Waals surface area contributed by atoms with Crippen LogP contribution in [0.15, 0.2) is 66.9 Å². The maximum absolute atomic E-state index is 15.6. The Hall–Kier alpha value is -5.91. The third-order valence-corrected chi connectivity index (χ3v) is 14.9. The maximum atomic E-state index is 15.6. The fourth-order valence-electron chi connectivity index (χ4n) is 10.6. The summed E-state index contributed by atoms with van der Waals surface area (Å²) < 4.78 is 22.0. The van der Waals surface area contributed by atoms with Crippen LogP contribution >= 0.6 is 11.6 Å². The lowest BCUT2D eigenvalue weighted by molar-refractivity contribution is -0.124. The standard InChI is InChI=1S/C52H60ClFN8O5/c1-33(67-41-9-7-38(8-10-41)52(2,3)39-26-35(31-55)27-40(53)28-39)45-11-18-57-51(58-45)61-21-12-34(13-22-61)32-59-19-14-36(15-20-59)37-16-23-60(24-17-37)47-30-43-42(29-44(47)54)49(65)62(50(43)66)46(6-5-25-63)48(64)56-4/h7-11,18,25-30,33-34,36-37,46H,5-6,12-17,19-24,32H2,1-4H3,(H,56,64). The monoisotopic (exact) mass is 930 g/mol. The molecule has 3 aromatic carbocycles. The number of benzene rings is 3. The van der Waals surface area contributed by atoms with E-state index in [0.29, 0.717) is 53.4 Å². The Bertz CT molecular complexity index is 2510. The molecule has 0 aliphatic carbocycles. The van der Waals surface area contributed by atoms with Crippen LogP contribution in [-0.2, 0) is 15.0 Å². The molecule has 2 atom stereocenters. The number of amides is 3. The number of ether oxygens (including phenoxy) is 1. The Kier molecular flexibility index (Phi) is 14.6. The average molecular weight is 932 g/mol. The van der Waals surface area contributed by atoms with Gasteiger partial charge in [0.1, 0.15) is 30.0 Å². The van der Waals surface area contributed by atoms with Crippen molar-refractivity contribution in [2.45, 2.75) is 89.7 Å². The van der Waals surface area contributed by atoms with Crippen molar-refractivity contribution in [1.29, 1.82) is 5.26 Å². The molecule has 13 nitrogen and oxygen atoms in total. The lowest BCUT2D eigenvalue weighted by Gasteiger charge is -2.42. The summed E-state index contributed by atoms with van der Waals surface area (Å²) in [6.45, 7) is 12.6. The normalized spacial score (nSPS) is 18.7. The zero-order valence-electron chi connectivity index (χ0n) is 38.8. The summed E-state index contributed by atoms with van der Waals surface area (Å²) >= 11 is 6.33. The molecule has 15 heteroatoms. The molecule has 352 valence electrons. The Morgan fingerprint density at radius 1 is 0.910 bits per heavy atom. The number of aldehydes is 1. The molecule has 0 bridgehead atoms. The zero-order valence-corrected chi connectivity index (χ0v) is 39.6. The number of imide groups is 1. The van der Waals surface area contributed by atoms with Crippen LogP contribution in [0.3, 0.4) is 0 Å². The van der Waals surface area contributed by atoms with Crippen LogP contribution in [0, 0.1) is 34.9 Å². The summed E-state index contributed by atoms with van der Waals surface area (Å²) in [5.74, 6) is 0.793. The SMILES string of the molecule is CNC(=O)C(CCC=O)N1C(=O)c2cc(F)c(N3CCC(C4CCN(CC5CCN(c6nccc(C(C)Oc7ccc(C(C)(C)c8cc(Cl)cc(C#N)c8)cc7)n6)CC5)CC4)CC3)cc2C1=O. The van der Waals surface area contributed by atoms with E-state index in [9.17, 15) is 24.4 Å². The number of nitrogens with one attached hydrogen (secondary N) is 1. The predicted molar refractivity (Wildman–Crippen MR) is 255 cm³/mol. The fourth-order valence-corrected chi connectivity index (χ4v) is 10.8. The van der Waals surface area contributed by atoms with E-state index in [1.54, 1.807) is 6.07 Å². The van der Waals surface area contributed by atoms with Gasteiger partial charge in [-0.05, 0) is 142 Å². The lowest BCUT2D eigenvalue weighted by atomic mass is 9.78. The summed E-state index contributed by atoms with van der Waals surface area (Å²) in [6, 6.07) is 19.1. The highest BCUT2D eigenvalue weighted by atomic mass is 35.5. The molecule has 4 aromatic rings. The maximum Gasteiger partial charge on any atom is 0.262 e. The summed E-state index contributed by atoms with van der Waals surface area (Å²) in [5.41, 5.74) is 3.40. The van der Waals surface area contributed by atoms with E-state index in [-0.39, 0.29) is 35.5 Å². The van der Waals surface area contributed by atoms with E-state index in [0.717, 1.165) is 111 Å². The fraction of sp³-hybridized carbons (Fsp3) is 0.481. The first-order chi connectivity index (χ1) is 32.3. The number of aromatic nitrogens is 2. The lowest BCUT2D eigenvalue weighted by Crippen LogP contribution is -2.48. The minimum absolute atomic E-state index is 0.00140. The van der Waals surface area contributed by atoms with Gasteiger partial charge in [-0.25, -0.2) is 14.4 Å². The number of hydrogen-bond acceptors (Lipinski definition) is 11. The molecule has 67 heavy (non-hydrogen) atoms. The molecule has 4 aliphatic rings. The van der Waals surface area contributed by atoms with E-state index in [1.807, 2.05) is 48.4 Å². The highest BCUT2D eigenvalue weighted by molar-refractivity contribution is 6.30. The molecule has 3 amide bonds. The third kappa shape index (κ3) is 10.3.